The Bertz CT molecular complexity index is 524. The summed E-state index contributed by atoms with van der Waals surface area (Å²) in [4.78, 5) is 0.819. The molecule has 0 spiro atoms. The molecule has 3 N–H and O–H groups in total. The summed E-state index contributed by atoms with van der Waals surface area (Å²) in [5.74, 6) is 4.88. The molecule has 1 heterocycles. The van der Waals surface area contributed by atoms with Crippen LogP contribution in [0.4, 0.5) is 8.78 Å². The van der Waals surface area contributed by atoms with Crippen LogP contribution in [-0.2, 0) is 0 Å². The molecule has 2 aromatic rings. The zero-order chi connectivity index (χ0) is 13.1. The van der Waals surface area contributed by atoms with Gasteiger partial charge in [0, 0.05) is 16.3 Å². The summed E-state index contributed by atoms with van der Waals surface area (Å²) in [6, 6.07) is 4.63. The standard InChI is InChI=1S/C12H12F2N2OS/c1-17-10-5-11(18-6-10)12(16-15)7-2-8(13)4-9(14)3-7/h2-6,12,16H,15H2,1H3. The van der Waals surface area contributed by atoms with E-state index in [-0.39, 0.29) is 0 Å². The van der Waals surface area contributed by atoms with E-state index in [0.717, 1.165) is 10.9 Å². The van der Waals surface area contributed by atoms with E-state index in [0.29, 0.717) is 11.3 Å². The van der Waals surface area contributed by atoms with Gasteiger partial charge in [-0.05, 0) is 23.8 Å². The highest BCUT2D eigenvalue weighted by molar-refractivity contribution is 7.10. The number of methoxy groups -OCH3 is 1. The lowest BCUT2D eigenvalue weighted by Gasteiger charge is -2.14. The Kier molecular flexibility index (Phi) is 3.90. The number of rotatable bonds is 4. The zero-order valence-corrected chi connectivity index (χ0v) is 10.4. The molecule has 18 heavy (non-hydrogen) atoms. The number of thiophene rings is 1. The van der Waals surface area contributed by atoms with Gasteiger partial charge in [-0.1, -0.05) is 0 Å². The Morgan fingerprint density at radius 3 is 2.39 bits per heavy atom. The van der Waals surface area contributed by atoms with Crippen molar-refractivity contribution in [3.8, 4) is 5.75 Å². The second kappa shape index (κ2) is 5.43. The van der Waals surface area contributed by atoms with Crippen molar-refractivity contribution in [3.05, 3.63) is 51.7 Å². The van der Waals surface area contributed by atoms with Crippen molar-refractivity contribution in [1.82, 2.24) is 5.43 Å². The number of ether oxygens (including phenoxy) is 1. The maximum atomic E-state index is 13.2. The fourth-order valence-electron chi connectivity index (χ4n) is 1.68. The molecule has 3 nitrogen and oxygen atoms in total. The average molecular weight is 270 g/mol. The largest absolute Gasteiger partial charge is 0.496 e. The van der Waals surface area contributed by atoms with Crippen molar-refractivity contribution < 1.29 is 13.5 Å². The van der Waals surface area contributed by atoms with Crippen LogP contribution in [0.1, 0.15) is 16.5 Å². The number of nitrogens with one attached hydrogen (secondary N) is 1. The van der Waals surface area contributed by atoms with Gasteiger partial charge in [-0.25, -0.2) is 14.2 Å². The highest BCUT2D eigenvalue weighted by Crippen LogP contribution is 2.31. The highest BCUT2D eigenvalue weighted by Gasteiger charge is 2.16. The lowest BCUT2D eigenvalue weighted by Crippen LogP contribution is -2.28. The predicted octanol–water partition coefficient (Wildman–Crippen LogP) is 2.59. The fourth-order valence-corrected chi connectivity index (χ4v) is 2.62. The van der Waals surface area contributed by atoms with Crippen molar-refractivity contribution in [2.75, 3.05) is 7.11 Å². The zero-order valence-electron chi connectivity index (χ0n) is 9.61. The first-order valence-electron chi connectivity index (χ1n) is 5.18. The Hall–Kier alpha value is -1.50. The van der Waals surface area contributed by atoms with E-state index in [9.17, 15) is 8.78 Å². The Morgan fingerprint density at radius 1 is 1.22 bits per heavy atom. The Labute approximate surface area is 107 Å². The molecule has 0 aliphatic rings. The van der Waals surface area contributed by atoms with Crippen molar-refractivity contribution in [2.45, 2.75) is 6.04 Å². The number of nitrogens with two attached hydrogens (primary N) is 1. The maximum Gasteiger partial charge on any atom is 0.129 e. The smallest absolute Gasteiger partial charge is 0.129 e. The summed E-state index contributed by atoms with van der Waals surface area (Å²) in [6.07, 6.45) is 0. The van der Waals surface area contributed by atoms with E-state index in [1.807, 2.05) is 0 Å². The molecule has 0 bridgehead atoms. The first-order chi connectivity index (χ1) is 8.63. The molecule has 6 heteroatoms. The van der Waals surface area contributed by atoms with Gasteiger partial charge < -0.3 is 4.74 Å². The molecule has 0 amide bonds. The monoisotopic (exact) mass is 270 g/mol. The predicted molar refractivity (Wildman–Crippen MR) is 66.4 cm³/mol. The minimum atomic E-state index is -0.631. The van der Waals surface area contributed by atoms with Crippen LogP contribution in [-0.4, -0.2) is 7.11 Å². The third kappa shape index (κ3) is 2.66. The van der Waals surface area contributed by atoms with E-state index in [2.05, 4.69) is 5.43 Å². The molecule has 2 rings (SSSR count). The van der Waals surface area contributed by atoms with E-state index in [4.69, 9.17) is 10.6 Å². The van der Waals surface area contributed by atoms with Crippen molar-refractivity contribution in [3.63, 3.8) is 0 Å². The number of hydrogen-bond donors (Lipinski definition) is 2. The van der Waals surface area contributed by atoms with Gasteiger partial charge in [0.25, 0.3) is 0 Å². The summed E-state index contributed by atoms with van der Waals surface area (Å²) < 4.78 is 31.4. The molecule has 0 saturated carbocycles. The quantitative estimate of drug-likeness (QED) is 0.663. The summed E-state index contributed by atoms with van der Waals surface area (Å²) in [6.45, 7) is 0. The summed E-state index contributed by atoms with van der Waals surface area (Å²) in [5.41, 5.74) is 2.98. The van der Waals surface area contributed by atoms with Gasteiger partial charge in [0.15, 0.2) is 0 Å². The van der Waals surface area contributed by atoms with Crippen LogP contribution in [0, 0.1) is 11.6 Å². The Balaban J connectivity index is 2.38. The van der Waals surface area contributed by atoms with Crippen molar-refractivity contribution >= 4 is 11.3 Å². The number of halogens is 2. The Morgan fingerprint density at radius 2 is 1.89 bits per heavy atom. The van der Waals surface area contributed by atoms with Crippen LogP contribution in [0.15, 0.2) is 29.6 Å². The van der Waals surface area contributed by atoms with Crippen molar-refractivity contribution in [1.29, 1.82) is 0 Å². The average Bonchev–Trinajstić information content (AvgIpc) is 2.77. The number of hydrogen-bond acceptors (Lipinski definition) is 4. The fraction of sp³-hybridized carbons (Fsp3) is 0.167. The molecule has 1 atom stereocenters. The highest BCUT2D eigenvalue weighted by atomic mass is 32.1. The molecule has 1 unspecified atom stereocenters. The lowest BCUT2D eigenvalue weighted by molar-refractivity contribution is 0.416. The van der Waals surface area contributed by atoms with E-state index < -0.39 is 17.7 Å². The molecule has 0 saturated heterocycles. The van der Waals surface area contributed by atoms with Gasteiger partial charge >= 0.3 is 0 Å². The van der Waals surface area contributed by atoms with E-state index in [1.54, 1.807) is 18.6 Å². The molecule has 0 fully saturated rings. The maximum absolute atomic E-state index is 13.2. The summed E-state index contributed by atoms with van der Waals surface area (Å²) in [5, 5.41) is 1.80. The van der Waals surface area contributed by atoms with Gasteiger partial charge in [-0.2, -0.15) is 0 Å². The van der Waals surface area contributed by atoms with E-state index >= 15 is 0 Å². The third-order valence-corrected chi connectivity index (χ3v) is 3.48. The van der Waals surface area contributed by atoms with Crippen LogP contribution in [0.5, 0.6) is 5.75 Å². The molecular weight excluding hydrogens is 258 g/mol. The third-order valence-electron chi connectivity index (χ3n) is 2.50. The van der Waals surface area contributed by atoms with Crippen LogP contribution in [0.2, 0.25) is 0 Å². The van der Waals surface area contributed by atoms with E-state index in [1.165, 1.54) is 23.5 Å². The molecule has 96 valence electrons. The summed E-state index contributed by atoms with van der Waals surface area (Å²) in [7, 11) is 1.55. The first kappa shape index (κ1) is 12.9. The van der Waals surface area contributed by atoms with Gasteiger partial charge in [0.2, 0.25) is 0 Å². The van der Waals surface area contributed by atoms with Crippen molar-refractivity contribution in [2.24, 2.45) is 5.84 Å². The summed E-state index contributed by atoms with van der Waals surface area (Å²) >= 11 is 1.40. The lowest BCUT2D eigenvalue weighted by atomic mass is 10.1. The number of benzene rings is 1. The van der Waals surface area contributed by atoms with Gasteiger partial charge in [-0.3, -0.25) is 5.84 Å². The second-order valence-corrected chi connectivity index (χ2v) is 4.63. The van der Waals surface area contributed by atoms with Crippen LogP contribution in [0.3, 0.4) is 0 Å². The van der Waals surface area contributed by atoms with Gasteiger partial charge in [0.05, 0.1) is 13.2 Å². The normalized spacial score (nSPS) is 12.4. The van der Waals surface area contributed by atoms with Crippen LogP contribution >= 0.6 is 11.3 Å². The minimum Gasteiger partial charge on any atom is -0.496 e. The second-order valence-electron chi connectivity index (χ2n) is 3.69. The molecule has 1 aromatic heterocycles. The van der Waals surface area contributed by atoms with Gasteiger partial charge in [0.1, 0.15) is 17.4 Å². The van der Waals surface area contributed by atoms with Crippen LogP contribution in [0.25, 0.3) is 0 Å². The number of hydrazine groups is 1. The molecule has 1 aromatic carbocycles. The minimum absolute atomic E-state index is 0.430. The molecule has 0 aliphatic carbocycles. The SMILES string of the molecule is COc1csc(C(NN)c2cc(F)cc(F)c2)c1. The molecular formula is C12H12F2N2OS. The topological polar surface area (TPSA) is 47.3 Å². The first-order valence-corrected chi connectivity index (χ1v) is 6.06. The van der Waals surface area contributed by atoms with Gasteiger partial charge in [-0.15, -0.1) is 11.3 Å². The van der Waals surface area contributed by atoms with Crippen LogP contribution < -0.4 is 16.0 Å². The molecule has 0 radical (unpaired) electrons. The molecule has 0 aliphatic heterocycles.